The topological polar surface area (TPSA) is 81.5 Å². The lowest BCUT2D eigenvalue weighted by Crippen LogP contribution is -2.44. The number of piperidine rings is 1. The molecule has 27 heavy (non-hydrogen) atoms. The average Bonchev–Trinajstić information content (AvgIpc) is 2.68. The second-order valence-corrected chi connectivity index (χ2v) is 6.71. The van der Waals surface area contributed by atoms with Crippen molar-refractivity contribution < 1.29 is 14.3 Å². The van der Waals surface area contributed by atoms with Gasteiger partial charge in [-0.25, -0.2) is 9.48 Å². The van der Waals surface area contributed by atoms with Crippen LogP contribution in [0.25, 0.3) is 0 Å². The van der Waals surface area contributed by atoms with Crippen LogP contribution < -0.4 is 5.56 Å². The number of esters is 1. The van der Waals surface area contributed by atoms with Gasteiger partial charge in [0.15, 0.2) is 12.3 Å². The largest absolute Gasteiger partial charge is 0.451 e. The van der Waals surface area contributed by atoms with Crippen molar-refractivity contribution in [2.24, 2.45) is 0 Å². The van der Waals surface area contributed by atoms with Gasteiger partial charge in [0, 0.05) is 18.7 Å². The number of hydrogen-bond acceptors (Lipinski definition) is 5. The maximum absolute atomic E-state index is 12.3. The van der Waals surface area contributed by atoms with Crippen molar-refractivity contribution in [2.45, 2.75) is 38.8 Å². The van der Waals surface area contributed by atoms with E-state index in [-0.39, 0.29) is 36.4 Å². The SMILES string of the molecule is C[C@@H]1CCCCN1C(=O)COC(=O)c1ccc(=O)n(Cc2ccccc2)n1. The highest BCUT2D eigenvalue weighted by molar-refractivity contribution is 5.89. The van der Waals surface area contributed by atoms with E-state index in [0.717, 1.165) is 24.8 Å². The molecule has 1 amide bonds. The lowest BCUT2D eigenvalue weighted by molar-refractivity contribution is -0.137. The van der Waals surface area contributed by atoms with Crippen LogP contribution in [0.15, 0.2) is 47.3 Å². The zero-order chi connectivity index (χ0) is 19.2. The van der Waals surface area contributed by atoms with Gasteiger partial charge in [0.1, 0.15) is 0 Å². The minimum absolute atomic E-state index is 0.00465. The van der Waals surface area contributed by atoms with Gasteiger partial charge in [0.25, 0.3) is 11.5 Å². The first kappa shape index (κ1) is 18.8. The Morgan fingerprint density at radius 3 is 2.67 bits per heavy atom. The summed E-state index contributed by atoms with van der Waals surface area (Å²) in [5.41, 5.74) is 0.588. The highest BCUT2D eigenvalue weighted by atomic mass is 16.5. The molecule has 0 bridgehead atoms. The molecule has 1 atom stereocenters. The molecule has 7 nitrogen and oxygen atoms in total. The van der Waals surface area contributed by atoms with Crippen LogP contribution in [0.2, 0.25) is 0 Å². The first-order valence-electron chi connectivity index (χ1n) is 9.13. The summed E-state index contributed by atoms with van der Waals surface area (Å²) in [6.07, 6.45) is 3.04. The molecule has 1 fully saturated rings. The second-order valence-electron chi connectivity index (χ2n) is 6.71. The molecule has 142 valence electrons. The lowest BCUT2D eigenvalue weighted by atomic mass is 10.0. The maximum Gasteiger partial charge on any atom is 0.359 e. The van der Waals surface area contributed by atoms with Crippen molar-refractivity contribution in [2.75, 3.05) is 13.2 Å². The zero-order valence-corrected chi connectivity index (χ0v) is 15.3. The summed E-state index contributed by atoms with van der Waals surface area (Å²) >= 11 is 0. The van der Waals surface area contributed by atoms with Crippen molar-refractivity contribution in [1.82, 2.24) is 14.7 Å². The van der Waals surface area contributed by atoms with Crippen molar-refractivity contribution in [3.05, 3.63) is 64.1 Å². The number of amides is 1. The van der Waals surface area contributed by atoms with Crippen LogP contribution in [-0.4, -0.2) is 45.8 Å². The third-order valence-electron chi connectivity index (χ3n) is 4.70. The standard InChI is InChI=1S/C20H23N3O4/c1-15-7-5-6-12-22(15)19(25)14-27-20(26)17-10-11-18(24)23(21-17)13-16-8-3-2-4-9-16/h2-4,8-11,15H,5-7,12-14H2,1H3/t15-/m1/s1. The summed E-state index contributed by atoms with van der Waals surface area (Å²) in [7, 11) is 0. The number of carbonyl (C=O) groups is 2. The number of rotatable bonds is 5. The first-order chi connectivity index (χ1) is 13.0. The Balaban J connectivity index is 1.63. The summed E-state index contributed by atoms with van der Waals surface area (Å²) in [4.78, 5) is 38.3. The second kappa shape index (κ2) is 8.62. The van der Waals surface area contributed by atoms with Gasteiger partial charge in [-0.05, 0) is 37.8 Å². The van der Waals surface area contributed by atoms with Crippen molar-refractivity contribution >= 4 is 11.9 Å². The molecule has 3 rings (SSSR count). The highest BCUT2D eigenvalue weighted by Crippen LogP contribution is 2.16. The fourth-order valence-electron chi connectivity index (χ4n) is 3.18. The Morgan fingerprint density at radius 1 is 1.15 bits per heavy atom. The Bertz CT molecular complexity index is 863. The molecular weight excluding hydrogens is 346 g/mol. The van der Waals surface area contributed by atoms with E-state index >= 15 is 0 Å². The highest BCUT2D eigenvalue weighted by Gasteiger charge is 2.24. The van der Waals surface area contributed by atoms with Crippen LogP contribution in [0.3, 0.4) is 0 Å². The van der Waals surface area contributed by atoms with Gasteiger partial charge in [-0.2, -0.15) is 5.10 Å². The molecule has 2 heterocycles. The van der Waals surface area contributed by atoms with E-state index in [1.54, 1.807) is 4.90 Å². The van der Waals surface area contributed by atoms with Crippen LogP contribution in [0, 0.1) is 0 Å². The molecule has 1 aromatic heterocycles. The third kappa shape index (κ3) is 4.81. The number of ether oxygens (including phenoxy) is 1. The van der Waals surface area contributed by atoms with Crippen LogP contribution in [-0.2, 0) is 16.1 Å². The monoisotopic (exact) mass is 369 g/mol. The van der Waals surface area contributed by atoms with Crippen molar-refractivity contribution in [3.63, 3.8) is 0 Å². The van der Waals surface area contributed by atoms with Crippen molar-refractivity contribution in [1.29, 1.82) is 0 Å². The number of likely N-dealkylation sites (tertiary alicyclic amines) is 1. The minimum atomic E-state index is -0.713. The number of nitrogens with zero attached hydrogens (tertiary/aromatic N) is 3. The van der Waals surface area contributed by atoms with Gasteiger partial charge in [0.05, 0.1) is 6.54 Å². The molecule has 0 aliphatic carbocycles. The third-order valence-corrected chi connectivity index (χ3v) is 4.70. The molecule has 1 saturated heterocycles. The molecule has 0 unspecified atom stereocenters. The van der Waals surface area contributed by atoms with E-state index in [1.807, 2.05) is 37.3 Å². The maximum atomic E-state index is 12.3. The Labute approximate surface area is 157 Å². The van der Waals surface area contributed by atoms with Gasteiger partial charge in [0.2, 0.25) is 0 Å². The van der Waals surface area contributed by atoms with Gasteiger partial charge in [-0.1, -0.05) is 30.3 Å². The van der Waals surface area contributed by atoms with Gasteiger partial charge in [-0.3, -0.25) is 9.59 Å². The van der Waals surface area contributed by atoms with E-state index < -0.39 is 5.97 Å². The molecular formula is C20H23N3O4. The van der Waals surface area contributed by atoms with Crippen molar-refractivity contribution in [3.8, 4) is 0 Å². The quantitative estimate of drug-likeness (QED) is 0.752. The minimum Gasteiger partial charge on any atom is -0.451 e. The summed E-state index contributed by atoms with van der Waals surface area (Å²) in [6, 6.07) is 12.1. The lowest BCUT2D eigenvalue weighted by Gasteiger charge is -2.33. The first-order valence-corrected chi connectivity index (χ1v) is 9.13. The van der Waals surface area contributed by atoms with Crippen LogP contribution >= 0.6 is 0 Å². The van der Waals surface area contributed by atoms with Crippen LogP contribution in [0.4, 0.5) is 0 Å². The summed E-state index contributed by atoms with van der Waals surface area (Å²) < 4.78 is 6.34. The van der Waals surface area contributed by atoms with Gasteiger partial charge >= 0.3 is 5.97 Å². The molecule has 1 aliphatic heterocycles. The molecule has 0 radical (unpaired) electrons. The summed E-state index contributed by atoms with van der Waals surface area (Å²) in [5, 5.41) is 4.08. The van der Waals surface area contributed by atoms with E-state index in [9.17, 15) is 14.4 Å². The smallest absolute Gasteiger partial charge is 0.359 e. The Kier molecular flexibility index (Phi) is 6.01. The fourth-order valence-corrected chi connectivity index (χ4v) is 3.18. The zero-order valence-electron chi connectivity index (χ0n) is 15.3. The molecule has 0 spiro atoms. The molecule has 7 heteroatoms. The normalized spacial score (nSPS) is 16.8. The van der Waals surface area contributed by atoms with E-state index in [0.29, 0.717) is 6.54 Å². The van der Waals surface area contributed by atoms with E-state index in [4.69, 9.17) is 4.74 Å². The van der Waals surface area contributed by atoms with E-state index in [2.05, 4.69) is 5.10 Å². The van der Waals surface area contributed by atoms with Crippen LogP contribution in [0.5, 0.6) is 0 Å². The summed E-state index contributed by atoms with van der Waals surface area (Å²) in [5.74, 6) is -0.914. The molecule has 0 N–H and O–H groups in total. The number of hydrogen-bond donors (Lipinski definition) is 0. The molecule has 0 saturated carbocycles. The van der Waals surface area contributed by atoms with Gasteiger partial charge < -0.3 is 9.64 Å². The fraction of sp³-hybridized carbons (Fsp3) is 0.400. The predicted molar refractivity (Wildman–Crippen MR) is 99.3 cm³/mol. The number of carbonyl (C=O) groups excluding carboxylic acids is 2. The van der Waals surface area contributed by atoms with E-state index in [1.165, 1.54) is 16.8 Å². The van der Waals surface area contributed by atoms with Gasteiger partial charge in [-0.15, -0.1) is 0 Å². The molecule has 1 aromatic carbocycles. The van der Waals surface area contributed by atoms with Crippen LogP contribution in [0.1, 0.15) is 42.2 Å². The molecule has 1 aliphatic rings. The Hall–Kier alpha value is -2.96. The number of aromatic nitrogens is 2. The number of benzene rings is 1. The average molecular weight is 369 g/mol. The Morgan fingerprint density at radius 2 is 1.93 bits per heavy atom. The summed E-state index contributed by atoms with van der Waals surface area (Å²) in [6.45, 7) is 2.63. The predicted octanol–water partition coefficient (Wildman–Crippen LogP) is 1.85. The molecule has 2 aromatic rings.